The van der Waals surface area contributed by atoms with Gasteiger partial charge in [-0.2, -0.15) is 0 Å². The summed E-state index contributed by atoms with van der Waals surface area (Å²) in [4.78, 5) is 9.88. The monoisotopic (exact) mass is 549 g/mol. The smallest absolute Gasteiger partial charge is 0.147 e. The molecule has 10 rings (SSSR count). The molecule has 10 aromatic rings. The van der Waals surface area contributed by atoms with Crippen LogP contribution in [0.15, 0.2) is 140 Å². The van der Waals surface area contributed by atoms with Crippen molar-refractivity contribution in [3.8, 4) is 11.4 Å². The van der Waals surface area contributed by atoms with E-state index in [2.05, 4.69) is 129 Å². The maximum Gasteiger partial charge on any atom is 0.147 e. The molecule has 5 heteroatoms. The van der Waals surface area contributed by atoms with Gasteiger partial charge in [-0.3, -0.25) is 4.40 Å². The molecule has 0 atom stereocenters. The highest BCUT2D eigenvalue weighted by atomic mass is 15.1. The first-order valence-corrected chi connectivity index (χ1v) is 14.5. The highest BCUT2D eigenvalue weighted by Crippen LogP contribution is 2.49. The molecule has 0 N–H and O–H groups in total. The summed E-state index contributed by atoms with van der Waals surface area (Å²) in [6.07, 6.45) is 5.80. The fraction of sp³-hybridized carbons (Fsp3) is 0. The van der Waals surface area contributed by atoms with Gasteiger partial charge in [-0.05, 0) is 48.5 Å². The molecule has 5 heterocycles. The summed E-state index contributed by atoms with van der Waals surface area (Å²) in [5.41, 5.74) is 8.76. The van der Waals surface area contributed by atoms with Crippen LogP contribution in [-0.4, -0.2) is 23.5 Å². The van der Waals surface area contributed by atoms with Crippen LogP contribution in [0.3, 0.4) is 0 Å². The normalized spacial score (nSPS) is 12.2. The molecule has 0 saturated heterocycles. The third-order valence-electron chi connectivity index (χ3n) is 8.90. The van der Waals surface area contributed by atoms with Crippen LogP contribution in [0.1, 0.15) is 0 Å². The van der Waals surface area contributed by atoms with E-state index in [0.29, 0.717) is 0 Å². The second kappa shape index (κ2) is 8.30. The van der Waals surface area contributed by atoms with Crippen LogP contribution in [0, 0.1) is 0 Å². The Morgan fingerprint density at radius 3 is 1.53 bits per heavy atom. The zero-order valence-electron chi connectivity index (χ0n) is 23.0. The van der Waals surface area contributed by atoms with Gasteiger partial charge >= 0.3 is 0 Å². The van der Waals surface area contributed by atoms with E-state index in [4.69, 9.17) is 9.97 Å². The van der Waals surface area contributed by atoms with E-state index in [0.717, 1.165) is 33.4 Å². The fourth-order valence-electron chi connectivity index (χ4n) is 7.31. The second-order valence-electron chi connectivity index (χ2n) is 11.1. The SMILES string of the molecule is c1ccc(-n2c3ccccc3c3c4c5cccnc5n5ccnc5c4c4c5ccccc5n(-c5ccccc5)c4c32)cc1. The number of hydrogen-bond donors (Lipinski definition) is 0. The first kappa shape index (κ1) is 22.7. The largest absolute Gasteiger partial charge is 0.307 e. The fourth-order valence-corrected chi connectivity index (χ4v) is 7.31. The standard InChI is InChI=1S/C38H23N5/c1-3-12-24(13-4-1)42-29-19-9-7-16-26(29)32-31-28-18-11-21-39-37(28)41-23-22-40-38(41)34(31)33-27-17-8-10-20-30(27)43(36(33)35(32)42)25-14-5-2-6-15-25/h1-23H. The summed E-state index contributed by atoms with van der Waals surface area (Å²) in [7, 11) is 0. The van der Waals surface area contributed by atoms with Crippen molar-refractivity contribution in [1.29, 1.82) is 0 Å². The van der Waals surface area contributed by atoms with Crippen molar-refractivity contribution in [1.82, 2.24) is 23.5 Å². The third kappa shape index (κ3) is 2.85. The number of fused-ring (bicyclic) bond motifs is 15. The summed E-state index contributed by atoms with van der Waals surface area (Å²) in [5, 5.41) is 8.27. The van der Waals surface area contributed by atoms with Crippen molar-refractivity contribution in [2.24, 2.45) is 0 Å². The quantitative estimate of drug-likeness (QED) is 0.202. The lowest BCUT2D eigenvalue weighted by Crippen LogP contribution is -2.00. The molecular weight excluding hydrogens is 526 g/mol. The molecule has 5 aromatic heterocycles. The molecule has 0 saturated carbocycles. The molecule has 0 bridgehead atoms. The van der Waals surface area contributed by atoms with Crippen molar-refractivity contribution in [2.45, 2.75) is 0 Å². The number of hydrogen-bond acceptors (Lipinski definition) is 2. The van der Waals surface area contributed by atoms with Gasteiger partial charge in [0, 0.05) is 67.7 Å². The van der Waals surface area contributed by atoms with Crippen molar-refractivity contribution in [3.05, 3.63) is 140 Å². The van der Waals surface area contributed by atoms with Crippen molar-refractivity contribution < 1.29 is 0 Å². The number of rotatable bonds is 2. The van der Waals surface area contributed by atoms with Crippen LogP contribution < -0.4 is 0 Å². The molecule has 0 aliphatic heterocycles. The van der Waals surface area contributed by atoms with Crippen LogP contribution in [0.25, 0.3) is 82.4 Å². The van der Waals surface area contributed by atoms with E-state index in [1.165, 1.54) is 49.0 Å². The average molecular weight is 550 g/mol. The molecule has 0 unspecified atom stereocenters. The minimum Gasteiger partial charge on any atom is -0.307 e. The zero-order valence-corrected chi connectivity index (χ0v) is 23.0. The second-order valence-corrected chi connectivity index (χ2v) is 11.1. The van der Waals surface area contributed by atoms with Gasteiger partial charge in [0.05, 0.1) is 22.1 Å². The number of para-hydroxylation sites is 4. The molecule has 0 radical (unpaired) electrons. The Kier molecular flexibility index (Phi) is 4.39. The Hall–Kier alpha value is -5.94. The molecule has 0 amide bonds. The number of imidazole rings is 1. The van der Waals surface area contributed by atoms with E-state index in [1.807, 2.05) is 24.7 Å². The summed E-state index contributed by atoms with van der Waals surface area (Å²) in [5.74, 6) is 0. The highest BCUT2D eigenvalue weighted by molar-refractivity contribution is 6.42. The number of benzene rings is 5. The van der Waals surface area contributed by atoms with Crippen molar-refractivity contribution >= 4 is 71.1 Å². The third-order valence-corrected chi connectivity index (χ3v) is 8.90. The molecular formula is C38H23N5. The van der Waals surface area contributed by atoms with Gasteiger partial charge in [-0.15, -0.1) is 0 Å². The topological polar surface area (TPSA) is 40.1 Å². The van der Waals surface area contributed by atoms with Gasteiger partial charge in [-0.25, -0.2) is 9.97 Å². The summed E-state index contributed by atoms with van der Waals surface area (Å²) in [6.45, 7) is 0. The van der Waals surface area contributed by atoms with Gasteiger partial charge in [0.1, 0.15) is 11.3 Å². The van der Waals surface area contributed by atoms with E-state index in [9.17, 15) is 0 Å². The number of aromatic nitrogens is 5. The summed E-state index contributed by atoms with van der Waals surface area (Å²) >= 11 is 0. The predicted octanol–water partition coefficient (Wildman–Crippen LogP) is 9.23. The molecule has 0 spiro atoms. The molecule has 0 aliphatic rings. The minimum absolute atomic E-state index is 0.909. The van der Waals surface area contributed by atoms with Crippen LogP contribution in [0.4, 0.5) is 0 Å². The maximum absolute atomic E-state index is 4.99. The highest BCUT2D eigenvalue weighted by Gasteiger charge is 2.27. The maximum atomic E-state index is 4.99. The molecule has 0 fully saturated rings. The first-order valence-electron chi connectivity index (χ1n) is 14.5. The van der Waals surface area contributed by atoms with E-state index >= 15 is 0 Å². The Balaban J connectivity index is 1.67. The summed E-state index contributed by atoms with van der Waals surface area (Å²) < 4.78 is 7.04. The van der Waals surface area contributed by atoms with Gasteiger partial charge in [0.25, 0.3) is 0 Å². The lowest BCUT2D eigenvalue weighted by Gasteiger charge is -2.15. The number of nitrogens with zero attached hydrogens (tertiary/aromatic N) is 5. The van der Waals surface area contributed by atoms with Gasteiger partial charge in [-0.1, -0.05) is 72.8 Å². The van der Waals surface area contributed by atoms with Crippen LogP contribution >= 0.6 is 0 Å². The molecule has 200 valence electrons. The Morgan fingerprint density at radius 2 is 0.907 bits per heavy atom. The van der Waals surface area contributed by atoms with Crippen molar-refractivity contribution in [3.63, 3.8) is 0 Å². The average Bonchev–Trinajstić information content (AvgIpc) is 3.79. The molecule has 5 nitrogen and oxygen atoms in total. The van der Waals surface area contributed by atoms with Crippen LogP contribution in [0.5, 0.6) is 0 Å². The Morgan fingerprint density at radius 1 is 0.395 bits per heavy atom. The van der Waals surface area contributed by atoms with E-state index in [1.54, 1.807) is 0 Å². The van der Waals surface area contributed by atoms with Gasteiger partial charge < -0.3 is 9.13 Å². The molecule has 0 aliphatic carbocycles. The van der Waals surface area contributed by atoms with Gasteiger partial charge in [0.15, 0.2) is 0 Å². The lowest BCUT2D eigenvalue weighted by atomic mass is 9.97. The zero-order chi connectivity index (χ0) is 28.1. The van der Waals surface area contributed by atoms with Crippen LogP contribution in [0.2, 0.25) is 0 Å². The molecule has 43 heavy (non-hydrogen) atoms. The van der Waals surface area contributed by atoms with Gasteiger partial charge in [0.2, 0.25) is 0 Å². The number of pyridine rings is 2. The Bertz CT molecular complexity index is 2710. The minimum atomic E-state index is 0.909. The Labute approximate surface area is 245 Å². The van der Waals surface area contributed by atoms with E-state index in [-0.39, 0.29) is 0 Å². The summed E-state index contributed by atoms with van der Waals surface area (Å²) in [6, 6.07) is 43.3. The van der Waals surface area contributed by atoms with Crippen molar-refractivity contribution in [2.75, 3.05) is 0 Å². The van der Waals surface area contributed by atoms with Crippen LogP contribution in [-0.2, 0) is 0 Å². The lowest BCUT2D eigenvalue weighted by molar-refractivity contribution is 1.15. The molecule has 5 aromatic carbocycles. The predicted molar refractivity (Wildman–Crippen MR) is 177 cm³/mol. The first-order chi connectivity index (χ1) is 21.4. The van der Waals surface area contributed by atoms with E-state index < -0.39 is 0 Å².